The Balaban J connectivity index is 1.69. The minimum Gasteiger partial charge on any atom is -0.507 e. The number of hydrogen-bond donors (Lipinski definition) is 2. The molecule has 27 heavy (non-hydrogen) atoms. The van der Waals surface area contributed by atoms with Crippen molar-refractivity contribution in [3.8, 4) is 17.2 Å². The second-order valence-corrected chi connectivity index (χ2v) is 6.04. The predicted octanol–water partition coefficient (Wildman–Crippen LogP) is 4.28. The number of aromatic nitrogens is 1. The third kappa shape index (κ3) is 4.68. The van der Waals surface area contributed by atoms with Crippen LogP contribution in [0.4, 0.5) is 5.69 Å². The second-order valence-electron chi connectivity index (χ2n) is 5.63. The normalized spacial score (nSPS) is 10.3. The molecule has 1 amide bonds. The number of carbonyl (C=O) groups excluding carboxylic acids is 1. The number of rotatable bonds is 6. The lowest BCUT2D eigenvalue weighted by Crippen LogP contribution is -2.12. The van der Waals surface area contributed by atoms with Gasteiger partial charge in [0.25, 0.3) is 5.91 Å². The van der Waals surface area contributed by atoms with Crippen molar-refractivity contribution in [2.45, 2.75) is 6.61 Å². The predicted molar refractivity (Wildman–Crippen MR) is 103 cm³/mol. The molecule has 2 N–H and O–H groups in total. The van der Waals surface area contributed by atoms with Crippen molar-refractivity contribution in [2.75, 3.05) is 12.4 Å². The summed E-state index contributed by atoms with van der Waals surface area (Å²) >= 11 is 6.24. The highest BCUT2D eigenvalue weighted by molar-refractivity contribution is 6.32. The van der Waals surface area contributed by atoms with Crippen LogP contribution in [0, 0.1) is 0 Å². The van der Waals surface area contributed by atoms with Gasteiger partial charge in [0.2, 0.25) is 0 Å². The molecule has 0 aliphatic carbocycles. The number of methoxy groups -OCH3 is 1. The van der Waals surface area contributed by atoms with Crippen LogP contribution in [-0.4, -0.2) is 23.1 Å². The molecule has 0 aliphatic rings. The zero-order chi connectivity index (χ0) is 19.2. The molecule has 0 fully saturated rings. The van der Waals surface area contributed by atoms with Gasteiger partial charge in [-0.05, 0) is 42.5 Å². The van der Waals surface area contributed by atoms with E-state index in [1.807, 2.05) is 12.1 Å². The van der Waals surface area contributed by atoms with Crippen LogP contribution < -0.4 is 14.8 Å². The summed E-state index contributed by atoms with van der Waals surface area (Å²) in [7, 11) is 1.48. The van der Waals surface area contributed by atoms with Gasteiger partial charge in [-0.3, -0.25) is 9.78 Å². The number of nitrogens with one attached hydrogen (secondary N) is 1. The van der Waals surface area contributed by atoms with Gasteiger partial charge in [-0.25, -0.2) is 0 Å². The number of benzene rings is 2. The van der Waals surface area contributed by atoms with Crippen molar-refractivity contribution < 1.29 is 19.4 Å². The highest BCUT2D eigenvalue weighted by Crippen LogP contribution is 2.29. The summed E-state index contributed by atoms with van der Waals surface area (Å²) < 4.78 is 10.8. The maximum absolute atomic E-state index is 12.4. The van der Waals surface area contributed by atoms with E-state index < -0.39 is 5.91 Å². The zero-order valence-electron chi connectivity index (χ0n) is 14.5. The zero-order valence-corrected chi connectivity index (χ0v) is 15.2. The first-order valence-corrected chi connectivity index (χ1v) is 8.44. The maximum atomic E-state index is 12.4. The average molecular weight is 385 g/mol. The maximum Gasteiger partial charge on any atom is 0.259 e. The van der Waals surface area contributed by atoms with Crippen LogP contribution in [0.3, 0.4) is 0 Å². The lowest BCUT2D eigenvalue weighted by Gasteiger charge is -2.11. The molecule has 0 radical (unpaired) electrons. The lowest BCUT2D eigenvalue weighted by molar-refractivity contribution is 0.102. The first-order chi connectivity index (χ1) is 13.1. The molecule has 1 heterocycles. The summed E-state index contributed by atoms with van der Waals surface area (Å²) in [5.74, 6) is 0.334. The molecular weight excluding hydrogens is 368 g/mol. The summed E-state index contributed by atoms with van der Waals surface area (Å²) in [6.45, 7) is 0.330. The van der Waals surface area contributed by atoms with Crippen LogP contribution in [0.25, 0.3) is 0 Å². The standard InChI is InChI=1S/C20H17ClN2O4/c1-26-15-5-6-18(24)16(10-15)20(25)23-14-4-7-19(17(21)9-14)27-12-13-3-2-8-22-11-13/h2-11,24H,12H2,1H3,(H,23,25). The molecule has 1 aromatic heterocycles. The molecule has 0 aliphatic heterocycles. The Morgan fingerprint density at radius 1 is 1.22 bits per heavy atom. The number of phenols is 1. The smallest absolute Gasteiger partial charge is 0.259 e. The van der Waals surface area contributed by atoms with Crippen molar-refractivity contribution in [2.24, 2.45) is 0 Å². The Hall–Kier alpha value is -3.25. The van der Waals surface area contributed by atoms with Crippen LogP contribution in [0.5, 0.6) is 17.2 Å². The highest BCUT2D eigenvalue weighted by Gasteiger charge is 2.14. The summed E-state index contributed by atoms with van der Waals surface area (Å²) in [6.07, 6.45) is 3.40. The van der Waals surface area contributed by atoms with E-state index in [0.717, 1.165) is 5.56 Å². The Kier molecular flexibility index (Phi) is 5.78. The van der Waals surface area contributed by atoms with Gasteiger partial charge in [-0.15, -0.1) is 0 Å². The average Bonchev–Trinajstić information content (AvgIpc) is 2.68. The summed E-state index contributed by atoms with van der Waals surface area (Å²) in [5.41, 5.74) is 1.49. The minimum absolute atomic E-state index is 0.0994. The van der Waals surface area contributed by atoms with Crippen molar-refractivity contribution in [1.82, 2.24) is 4.98 Å². The SMILES string of the molecule is COc1ccc(O)c(C(=O)Nc2ccc(OCc3cccnc3)c(Cl)c2)c1. The van der Waals surface area contributed by atoms with Gasteiger partial charge in [0.1, 0.15) is 23.9 Å². The number of hydrogen-bond acceptors (Lipinski definition) is 5. The number of aromatic hydroxyl groups is 1. The summed E-state index contributed by atoms with van der Waals surface area (Å²) in [5, 5.41) is 12.9. The molecule has 2 aromatic carbocycles. The Morgan fingerprint density at radius 2 is 2.07 bits per heavy atom. The van der Waals surface area contributed by atoms with Crippen LogP contribution in [-0.2, 0) is 6.61 Å². The highest BCUT2D eigenvalue weighted by atomic mass is 35.5. The molecule has 0 spiro atoms. The van der Waals surface area contributed by atoms with Gasteiger partial charge in [0, 0.05) is 23.6 Å². The van der Waals surface area contributed by atoms with Crippen LogP contribution in [0.15, 0.2) is 60.9 Å². The Labute approximate surface area is 161 Å². The number of phenolic OH excluding ortho intramolecular Hbond substituents is 1. The minimum atomic E-state index is -0.480. The van der Waals surface area contributed by atoms with Gasteiger partial charge in [0.05, 0.1) is 17.7 Å². The van der Waals surface area contributed by atoms with E-state index in [9.17, 15) is 9.90 Å². The quantitative estimate of drug-likeness (QED) is 0.663. The molecule has 0 saturated carbocycles. The van der Waals surface area contributed by atoms with E-state index in [2.05, 4.69) is 10.3 Å². The van der Waals surface area contributed by atoms with Crippen LogP contribution >= 0.6 is 11.6 Å². The van der Waals surface area contributed by atoms with E-state index >= 15 is 0 Å². The molecule has 3 rings (SSSR count). The molecule has 7 heteroatoms. The molecule has 0 saturated heterocycles. The van der Waals surface area contributed by atoms with Crippen molar-refractivity contribution in [1.29, 1.82) is 0 Å². The van der Waals surface area contributed by atoms with Gasteiger partial charge in [-0.1, -0.05) is 17.7 Å². The number of amides is 1. The molecule has 0 bridgehead atoms. The number of anilines is 1. The fraction of sp³-hybridized carbons (Fsp3) is 0.100. The summed E-state index contributed by atoms with van der Waals surface area (Å²) in [4.78, 5) is 16.4. The molecule has 3 aromatic rings. The fourth-order valence-corrected chi connectivity index (χ4v) is 2.60. The van der Waals surface area contributed by atoms with Gasteiger partial charge in [0.15, 0.2) is 0 Å². The molecule has 138 valence electrons. The molecule has 6 nitrogen and oxygen atoms in total. The fourth-order valence-electron chi connectivity index (χ4n) is 2.36. The third-order valence-electron chi connectivity index (χ3n) is 3.76. The van der Waals surface area contributed by atoms with E-state index in [1.165, 1.54) is 19.2 Å². The lowest BCUT2D eigenvalue weighted by atomic mass is 10.1. The first kappa shape index (κ1) is 18.5. The Bertz CT molecular complexity index is 948. The van der Waals surface area contributed by atoms with E-state index in [0.29, 0.717) is 28.8 Å². The topological polar surface area (TPSA) is 80.7 Å². The number of nitrogens with zero attached hydrogens (tertiary/aromatic N) is 1. The van der Waals surface area contributed by atoms with Crippen molar-refractivity contribution in [3.63, 3.8) is 0 Å². The third-order valence-corrected chi connectivity index (χ3v) is 4.05. The van der Waals surface area contributed by atoms with Gasteiger partial charge < -0.3 is 19.9 Å². The monoisotopic (exact) mass is 384 g/mol. The van der Waals surface area contributed by atoms with Gasteiger partial charge >= 0.3 is 0 Å². The van der Waals surface area contributed by atoms with Crippen molar-refractivity contribution in [3.05, 3.63) is 77.1 Å². The number of halogens is 1. The summed E-state index contributed by atoms with van der Waals surface area (Å²) in [6, 6.07) is 13.1. The number of pyridine rings is 1. The van der Waals surface area contributed by atoms with E-state index in [-0.39, 0.29) is 11.3 Å². The van der Waals surface area contributed by atoms with Crippen molar-refractivity contribution >= 4 is 23.2 Å². The second kappa shape index (κ2) is 8.42. The first-order valence-electron chi connectivity index (χ1n) is 8.06. The van der Waals surface area contributed by atoms with E-state index in [1.54, 1.807) is 36.7 Å². The molecule has 0 unspecified atom stereocenters. The number of ether oxygens (including phenoxy) is 2. The molecule has 0 atom stereocenters. The van der Waals surface area contributed by atoms with Gasteiger partial charge in [-0.2, -0.15) is 0 Å². The Morgan fingerprint density at radius 3 is 2.78 bits per heavy atom. The largest absolute Gasteiger partial charge is 0.507 e. The van der Waals surface area contributed by atoms with Crippen LogP contribution in [0.2, 0.25) is 5.02 Å². The number of carbonyl (C=O) groups is 1. The molecular formula is C20H17ClN2O4. The van der Waals surface area contributed by atoms with Crippen LogP contribution in [0.1, 0.15) is 15.9 Å². The van der Waals surface area contributed by atoms with E-state index in [4.69, 9.17) is 21.1 Å².